The summed E-state index contributed by atoms with van der Waals surface area (Å²) in [7, 11) is 1.27. The average Bonchev–Trinajstić information content (AvgIpc) is 3.02. The van der Waals surface area contributed by atoms with E-state index < -0.39 is 33.3 Å². The maximum Gasteiger partial charge on any atom is 0.328 e. The molecular weight excluding hydrogens is 346 g/mol. The number of sulfonamides is 1. The molecule has 0 aromatic heterocycles. The molecule has 0 bridgehead atoms. The van der Waals surface area contributed by atoms with Crippen molar-refractivity contribution in [3.63, 3.8) is 0 Å². The highest BCUT2D eigenvalue weighted by Crippen LogP contribution is 2.29. The van der Waals surface area contributed by atoms with Crippen LogP contribution in [0.2, 0.25) is 0 Å². The first-order chi connectivity index (χ1) is 11.6. The summed E-state index contributed by atoms with van der Waals surface area (Å²) in [6.45, 7) is 5.01. The quantitative estimate of drug-likeness (QED) is 0.605. The molecule has 0 unspecified atom stereocenters. The fraction of sp³-hybridized carbons (Fsp3) is 0.875. The third-order valence-electron chi connectivity index (χ3n) is 5.26. The first kappa shape index (κ1) is 20.1. The molecule has 2 heterocycles. The molecule has 0 N–H and O–H groups in total. The van der Waals surface area contributed by atoms with Crippen LogP contribution in [0.15, 0.2) is 0 Å². The van der Waals surface area contributed by atoms with Gasteiger partial charge in [-0.25, -0.2) is 13.2 Å². The standard InChI is InChI=1S/C16H29N3O5S/c1-11(2)14(16(21)24-5)18(4)15(20)12-6-9-19(10-12)25(22,23)13-7-8-17(13)3/h11-14H,6-10H2,1-5H3/t12-,13+,14-/m0/s1. The van der Waals surface area contributed by atoms with Gasteiger partial charge in [0.1, 0.15) is 11.4 Å². The Balaban J connectivity index is 2.05. The van der Waals surface area contributed by atoms with Crippen LogP contribution in [0.1, 0.15) is 26.7 Å². The Kier molecular flexibility index (Phi) is 6.11. The van der Waals surface area contributed by atoms with E-state index in [1.165, 1.54) is 16.3 Å². The summed E-state index contributed by atoms with van der Waals surface area (Å²) in [6.07, 6.45) is 1.11. The molecule has 0 radical (unpaired) electrons. The summed E-state index contributed by atoms with van der Waals surface area (Å²) in [5.74, 6) is -1.17. The largest absolute Gasteiger partial charge is 0.467 e. The topological polar surface area (TPSA) is 87.2 Å². The van der Waals surface area contributed by atoms with E-state index in [0.717, 1.165) is 6.54 Å². The number of carbonyl (C=O) groups is 2. The number of nitrogens with zero attached hydrogens (tertiary/aromatic N) is 3. The minimum atomic E-state index is -3.40. The van der Waals surface area contributed by atoms with Crippen LogP contribution in [-0.2, 0) is 24.3 Å². The van der Waals surface area contributed by atoms with Gasteiger partial charge in [0.05, 0.1) is 13.0 Å². The van der Waals surface area contributed by atoms with Crippen molar-refractivity contribution in [1.82, 2.24) is 14.1 Å². The molecule has 0 aromatic carbocycles. The Bertz CT molecular complexity index is 621. The number of amides is 1. The van der Waals surface area contributed by atoms with Crippen LogP contribution in [0.3, 0.4) is 0 Å². The Morgan fingerprint density at radius 2 is 1.84 bits per heavy atom. The van der Waals surface area contributed by atoms with Gasteiger partial charge in [-0.05, 0) is 25.8 Å². The van der Waals surface area contributed by atoms with Gasteiger partial charge in [0.25, 0.3) is 0 Å². The number of carbonyl (C=O) groups excluding carboxylic acids is 2. The third-order valence-corrected chi connectivity index (χ3v) is 7.60. The second-order valence-corrected chi connectivity index (χ2v) is 9.36. The number of methoxy groups -OCH3 is 1. The number of likely N-dealkylation sites (N-methyl/N-ethyl adjacent to an activating group) is 1. The minimum absolute atomic E-state index is 0.0914. The Morgan fingerprint density at radius 1 is 1.20 bits per heavy atom. The van der Waals surface area contributed by atoms with Gasteiger partial charge in [0.2, 0.25) is 15.9 Å². The SMILES string of the molecule is COC(=O)[C@H](C(C)C)N(C)C(=O)[C@H]1CCN(S(=O)(=O)[C@@H]2CCN2C)C1. The van der Waals surface area contributed by atoms with Gasteiger partial charge in [-0.2, -0.15) is 4.31 Å². The van der Waals surface area contributed by atoms with E-state index in [4.69, 9.17) is 4.74 Å². The molecule has 8 nitrogen and oxygen atoms in total. The molecule has 144 valence electrons. The normalized spacial score (nSPS) is 26.3. The van der Waals surface area contributed by atoms with Crippen LogP contribution < -0.4 is 0 Å². The van der Waals surface area contributed by atoms with Crippen molar-refractivity contribution in [2.75, 3.05) is 40.8 Å². The van der Waals surface area contributed by atoms with Gasteiger partial charge in [0, 0.05) is 26.7 Å². The lowest BCUT2D eigenvalue weighted by atomic mass is 10.00. The monoisotopic (exact) mass is 375 g/mol. The zero-order valence-electron chi connectivity index (χ0n) is 15.6. The molecule has 25 heavy (non-hydrogen) atoms. The number of ether oxygens (including phenoxy) is 1. The Morgan fingerprint density at radius 3 is 2.28 bits per heavy atom. The number of likely N-dealkylation sites (tertiary alicyclic amines) is 1. The first-order valence-corrected chi connectivity index (χ1v) is 10.1. The number of hydrogen-bond acceptors (Lipinski definition) is 6. The molecule has 9 heteroatoms. The molecule has 3 atom stereocenters. The maximum atomic E-state index is 12.8. The molecule has 2 aliphatic rings. The summed E-state index contributed by atoms with van der Waals surface area (Å²) >= 11 is 0. The predicted octanol–water partition coefficient (Wildman–Crippen LogP) is -0.0443. The first-order valence-electron chi connectivity index (χ1n) is 8.65. The zero-order valence-corrected chi connectivity index (χ0v) is 16.5. The van der Waals surface area contributed by atoms with Crippen molar-refractivity contribution in [2.45, 2.75) is 38.1 Å². The van der Waals surface area contributed by atoms with Gasteiger partial charge < -0.3 is 9.64 Å². The lowest BCUT2D eigenvalue weighted by Gasteiger charge is -2.39. The van der Waals surface area contributed by atoms with Gasteiger partial charge in [-0.1, -0.05) is 13.8 Å². The molecular formula is C16H29N3O5S. The van der Waals surface area contributed by atoms with Crippen molar-refractivity contribution in [3.8, 4) is 0 Å². The molecule has 0 saturated carbocycles. The molecule has 0 aliphatic carbocycles. The van der Waals surface area contributed by atoms with E-state index in [-0.39, 0.29) is 18.4 Å². The Hall–Kier alpha value is -1.19. The lowest BCUT2D eigenvalue weighted by Crippen LogP contribution is -2.54. The third kappa shape index (κ3) is 3.83. The van der Waals surface area contributed by atoms with E-state index >= 15 is 0 Å². The second kappa shape index (κ2) is 7.59. The zero-order chi connectivity index (χ0) is 18.9. The lowest BCUT2D eigenvalue weighted by molar-refractivity contribution is -0.155. The second-order valence-electron chi connectivity index (χ2n) is 7.27. The predicted molar refractivity (Wildman–Crippen MR) is 93.0 cm³/mol. The highest BCUT2D eigenvalue weighted by atomic mass is 32.2. The maximum absolute atomic E-state index is 12.8. The fourth-order valence-corrected chi connectivity index (χ4v) is 5.68. The smallest absolute Gasteiger partial charge is 0.328 e. The van der Waals surface area contributed by atoms with Crippen molar-refractivity contribution in [1.29, 1.82) is 0 Å². The molecule has 0 spiro atoms. The van der Waals surface area contributed by atoms with Crippen LogP contribution in [0.4, 0.5) is 0 Å². The number of esters is 1. The highest BCUT2D eigenvalue weighted by molar-refractivity contribution is 7.89. The van der Waals surface area contributed by atoms with E-state index in [1.807, 2.05) is 18.7 Å². The van der Waals surface area contributed by atoms with Crippen LogP contribution in [-0.4, -0.2) is 86.7 Å². The van der Waals surface area contributed by atoms with Crippen LogP contribution in [0, 0.1) is 11.8 Å². The van der Waals surface area contributed by atoms with Crippen molar-refractivity contribution in [3.05, 3.63) is 0 Å². The summed E-state index contributed by atoms with van der Waals surface area (Å²) in [4.78, 5) is 28.0. The molecule has 2 saturated heterocycles. The van der Waals surface area contributed by atoms with Gasteiger partial charge >= 0.3 is 5.97 Å². The van der Waals surface area contributed by atoms with Crippen molar-refractivity contribution >= 4 is 21.9 Å². The van der Waals surface area contributed by atoms with Gasteiger partial charge in [-0.3, -0.25) is 9.69 Å². The molecule has 0 aromatic rings. The van der Waals surface area contributed by atoms with Crippen LogP contribution in [0.25, 0.3) is 0 Å². The summed E-state index contributed by atoms with van der Waals surface area (Å²) in [6, 6.07) is -0.666. The van der Waals surface area contributed by atoms with Gasteiger partial charge in [0.15, 0.2) is 0 Å². The van der Waals surface area contributed by atoms with E-state index in [9.17, 15) is 18.0 Å². The molecule has 2 aliphatic heterocycles. The van der Waals surface area contributed by atoms with Crippen LogP contribution in [0.5, 0.6) is 0 Å². The van der Waals surface area contributed by atoms with Crippen molar-refractivity contribution in [2.24, 2.45) is 11.8 Å². The minimum Gasteiger partial charge on any atom is -0.467 e. The molecule has 1 amide bonds. The van der Waals surface area contributed by atoms with Crippen molar-refractivity contribution < 1.29 is 22.7 Å². The Labute approximate surface area is 150 Å². The average molecular weight is 375 g/mol. The summed E-state index contributed by atoms with van der Waals surface area (Å²) in [5, 5.41) is -0.474. The van der Waals surface area contributed by atoms with Gasteiger partial charge in [-0.15, -0.1) is 0 Å². The van der Waals surface area contributed by atoms with E-state index in [2.05, 4.69) is 0 Å². The number of hydrogen-bond donors (Lipinski definition) is 0. The molecule has 2 rings (SSSR count). The number of rotatable bonds is 6. The summed E-state index contributed by atoms with van der Waals surface area (Å²) in [5.41, 5.74) is 0. The van der Waals surface area contributed by atoms with E-state index in [1.54, 1.807) is 14.1 Å². The fourth-order valence-electron chi connectivity index (χ4n) is 3.63. The molecule has 2 fully saturated rings. The highest BCUT2D eigenvalue weighted by Gasteiger charge is 2.45. The summed E-state index contributed by atoms with van der Waals surface area (Å²) < 4.78 is 31.5. The van der Waals surface area contributed by atoms with E-state index in [0.29, 0.717) is 19.4 Å². The van der Waals surface area contributed by atoms with Crippen LogP contribution >= 0.6 is 0 Å².